The molecular weight excluding hydrogens is 264 g/mol. The van der Waals surface area contributed by atoms with Crippen LogP contribution in [0.15, 0.2) is 24.3 Å². The van der Waals surface area contributed by atoms with Crippen molar-refractivity contribution >= 4 is 5.91 Å². The van der Waals surface area contributed by atoms with Crippen LogP contribution < -0.4 is 10.6 Å². The van der Waals surface area contributed by atoms with E-state index in [9.17, 15) is 9.90 Å². The predicted molar refractivity (Wildman–Crippen MR) is 81.9 cm³/mol. The number of rotatable bonds is 4. The molecule has 3 atom stereocenters. The van der Waals surface area contributed by atoms with Crippen LogP contribution in [0.3, 0.4) is 0 Å². The molecule has 1 unspecified atom stereocenters. The summed E-state index contributed by atoms with van der Waals surface area (Å²) in [4.78, 5) is 12.2. The van der Waals surface area contributed by atoms with E-state index in [0.717, 1.165) is 30.6 Å². The normalized spacial score (nSPS) is 28.1. The molecule has 0 aromatic heterocycles. The minimum absolute atomic E-state index is 0.0568. The molecule has 1 amide bonds. The van der Waals surface area contributed by atoms with E-state index in [1.165, 1.54) is 12.8 Å². The zero-order valence-electron chi connectivity index (χ0n) is 12.3. The lowest BCUT2D eigenvalue weighted by Crippen LogP contribution is -2.35. The van der Waals surface area contributed by atoms with Crippen molar-refractivity contribution in [1.82, 2.24) is 10.6 Å². The number of aliphatic hydroxyl groups excluding tert-OH is 1. The maximum atomic E-state index is 12.2. The Hall–Kier alpha value is -1.39. The summed E-state index contributed by atoms with van der Waals surface area (Å²) in [5.74, 6) is 0.673. The number of carbonyl (C=O) groups is 1. The Bertz CT molecular complexity index is 497. The quantitative estimate of drug-likeness (QED) is 0.787. The van der Waals surface area contributed by atoms with E-state index in [0.29, 0.717) is 18.8 Å². The molecule has 1 heterocycles. The van der Waals surface area contributed by atoms with E-state index in [4.69, 9.17) is 0 Å². The molecule has 1 aromatic rings. The van der Waals surface area contributed by atoms with Crippen LogP contribution in [0.2, 0.25) is 0 Å². The van der Waals surface area contributed by atoms with Gasteiger partial charge in [0.25, 0.3) is 0 Å². The fourth-order valence-electron chi connectivity index (χ4n) is 3.50. The number of carbonyl (C=O) groups excluding carboxylic acids is 1. The summed E-state index contributed by atoms with van der Waals surface area (Å²) in [6.07, 6.45) is 4.05. The van der Waals surface area contributed by atoms with Gasteiger partial charge in [0.1, 0.15) is 0 Å². The average molecular weight is 288 g/mol. The summed E-state index contributed by atoms with van der Waals surface area (Å²) in [7, 11) is 0. The highest BCUT2D eigenvalue weighted by Crippen LogP contribution is 2.31. The van der Waals surface area contributed by atoms with Gasteiger partial charge in [0.05, 0.1) is 12.1 Å². The molecule has 0 saturated carbocycles. The topological polar surface area (TPSA) is 61.4 Å². The van der Waals surface area contributed by atoms with Gasteiger partial charge in [-0.15, -0.1) is 0 Å². The summed E-state index contributed by atoms with van der Waals surface area (Å²) in [6, 6.07) is 7.73. The Labute approximate surface area is 125 Å². The van der Waals surface area contributed by atoms with Crippen LogP contribution in [0.25, 0.3) is 0 Å². The van der Waals surface area contributed by atoms with Crippen molar-refractivity contribution in [3.63, 3.8) is 0 Å². The van der Waals surface area contributed by atoms with Gasteiger partial charge in [-0.2, -0.15) is 0 Å². The largest absolute Gasteiger partial charge is 0.390 e. The van der Waals surface area contributed by atoms with Crippen molar-refractivity contribution in [2.75, 3.05) is 13.1 Å². The molecule has 1 aliphatic heterocycles. The predicted octanol–water partition coefficient (Wildman–Crippen LogP) is 1.54. The molecule has 21 heavy (non-hydrogen) atoms. The number of hydrogen-bond donors (Lipinski definition) is 3. The Morgan fingerprint density at radius 3 is 3.05 bits per heavy atom. The minimum Gasteiger partial charge on any atom is -0.390 e. The Kier molecular flexibility index (Phi) is 4.56. The van der Waals surface area contributed by atoms with Crippen LogP contribution in [0.1, 0.15) is 42.9 Å². The second-order valence-electron chi connectivity index (χ2n) is 6.27. The first kappa shape index (κ1) is 14.5. The zero-order valence-corrected chi connectivity index (χ0v) is 12.3. The fourth-order valence-corrected chi connectivity index (χ4v) is 3.50. The van der Waals surface area contributed by atoms with Crippen molar-refractivity contribution in [3.8, 4) is 0 Å². The standard InChI is InChI=1S/C17H24N2O2/c20-15-10-13-5-1-2-6-14(13)17(15)19-16(21)8-7-12-4-3-9-18-11-12/h1-2,5-6,12,15,17-18,20H,3-4,7-11H2,(H,19,21)/t12?,15-,17+/m1/s1. The molecule has 3 N–H and O–H groups in total. The highest BCUT2D eigenvalue weighted by Gasteiger charge is 2.31. The molecule has 0 spiro atoms. The SMILES string of the molecule is O=C(CCC1CCCNC1)N[C@H]1c2ccccc2C[C@H]1O. The van der Waals surface area contributed by atoms with Crippen molar-refractivity contribution in [1.29, 1.82) is 0 Å². The molecule has 0 bridgehead atoms. The lowest BCUT2D eigenvalue weighted by molar-refractivity contribution is -0.122. The number of fused-ring (bicyclic) bond motifs is 1. The van der Waals surface area contributed by atoms with Gasteiger partial charge in [-0.3, -0.25) is 4.79 Å². The summed E-state index contributed by atoms with van der Waals surface area (Å²) in [6.45, 7) is 2.13. The van der Waals surface area contributed by atoms with Crippen LogP contribution in [-0.4, -0.2) is 30.2 Å². The fraction of sp³-hybridized carbons (Fsp3) is 0.588. The maximum absolute atomic E-state index is 12.2. The lowest BCUT2D eigenvalue weighted by atomic mass is 9.94. The van der Waals surface area contributed by atoms with Gasteiger partial charge in [-0.1, -0.05) is 24.3 Å². The molecule has 114 valence electrons. The number of piperidine rings is 1. The molecule has 2 aliphatic rings. The minimum atomic E-state index is -0.498. The number of nitrogens with one attached hydrogen (secondary N) is 2. The van der Waals surface area contributed by atoms with E-state index in [-0.39, 0.29) is 11.9 Å². The third-order valence-corrected chi connectivity index (χ3v) is 4.70. The third kappa shape index (κ3) is 3.44. The van der Waals surface area contributed by atoms with Gasteiger partial charge in [-0.05, 0) is 49.4 Å². The molecule has 1 saturated heterocycles. The first-order valence-electron chi connectivity index (χ1n) is 8.00. The highest BCUT2D eigenvalue weighted by atomic mass is 16.3. The zero-order chi connectivity index (χ0) is 14.7. The molecule has 3 rings (SSSR count). The molecule has 1 aromatic carbocycles. The van der Waals surface area contributed by atoms with Gasteiger partial charge in [0, 0.05) is 12.8 Å². The van der Waals surface area contributed by atoms with Gasteiger partial charge in [-0.25, -0.2) is 0 Å². The highest BCUT2D eigenvalue weighted by molar-refractivity contribution is 5.76. The van der Waals surface area contributed by atoms with Crippen LogP contribution in [-0.2, 0) is 11.2 Å². The van der Waals surface area contributed by atoms with Crippen molar-refractivity contribution in [3.05, 3.63) is 35.4 Å². The summed E-state index contributed by atoms with van der Waals surface area (Å²) in [5, 5.41) is 16.5. The Morgan fingerprint density at radius 1 is 1.38 bits per heavy atom. The van der Waals surface area contributed by atoms with E-state index >= 15 is 0 Å². The van der Waals surface area contributed by atoms with Gasteiger partial charge in [0.2, 0.25) is 5.91 Å². The smallest absolute Gasteiger partial charge is 0.220 e. The van der Waals surface area contributed by atoms with Crippen LogP contribution in [0.4, 0.5) is 0 Å². The third-order valence-electron chi connectivity index (χ3n) is 4.70. The van der Waals surface area contributed by atoms with Gasteiger partial charge < -0.3 is 15.7 Å². The lowest BCUT2D eigenvalue weighted by Gasteiger charge is -2.23. The van der Waals surface area contributed by atoms with Crippen molar-refractivity contribution in [2.45, 2.75) is 44.2 Å². The van der Waals surface area contributed by atoms with Gasteiger partial charge in [0.15, 0.2) is 0 Å². The second-order valence-corrected chi connectivity index (χ2v) is 6.27. The molecule has 4 heteroatoms. The molecule has 4 nitrogen and oxygen atoms in total. The molecular formula is C17H24N2O2. The first-order valence-corrected chi connectivity index (χ1v) is 8.00. The molecule has 1 fully saturated rings. The monoisotopic (exact) mass is 288 g/mol. The number of benzene rings is 1. The molecule has 1 aliphatic carbocycles. The first-order chi connectivity index (χ1) is 10.2. The van der Waals surface area contributed by atoms with E-state index < -0.39 is 6.10 Å². The average Bonchev–Trinajstić information content (AvgIpc) is 2.82. The van der Waals surface area contributed by atoms with Crippen LogP contribution >= 0.6 is 0 Å². The summed E-state index contributed by atoms with van der Waals surface area (Å²) < 4.78 is 0. The number of hydrogen-bond acceptors (Lipinski definition) is 3. The Balaban J connectivity index is 1.52. The van der Waals surface area contributed by atoms with Gasteiger partial charge >= 0.3 is 0 Å². The summed E-state index contributed by atoms with van der Waals surface area (Å²) >= 11 is 0. The van der Waals surface area contributed by atoms with E-state index in [2.05, 4.69) is 10.6 Å². The molecule has 0 radical (unpaired) electrons. The number of aliphatic hydroxyl groups is 1. The van der Waals surface area contributed by atoms with E-state index in [1.54, 1.807) is 0 Å². The Morgan fingerprint density at radius 2 is 2.24 bits per heavy atom. The van der Waals surface area contributed by atoms with Crippen LogP contribution in [0.5, 0.6) is 0 Å². The van der Waals surface area contributed by atoms with Crippen molar-refractivity contribution in [2.24, 2.45) is 5.92 Å². The maximum Gasteiger partial charge on any atom is 0.220 e. The van der Waals surface area contributed by atoms with Crippen molar-refractivity contribution < 1.29 is 9.90 Å². The van der Waals surface area contributed by atoms with Crippen LogP contribution in [0, 0.1) is 5.92 Å². The number of amides is 1. The van der Waals surface area contributed by atoms with E-state index in [1.807, 2.05) is 24.3 Å². The summed E-state index contributed by atoms with van der Waals surface area (Å²) in [5.41, 5.74) is 2.21. The second kappa shape index (κ2) is 6.58.